The zero-order valence-corrected chi connectivity index (χ0v) is 9.15. The third kappa shape index (κ3) is 2.48. The number of nitrogens with zero attached hydrogens (tertiary/aromatic N) is 2. The lowest BCUT2D eigenvalue weighted by Crippen LogP contribution is -2.26. The Morgan fingerprint density at radius 2 is 1.93 bits per heavy atom. The average Bonchev–Trinajstić information content (AvgIpc) is 2.57. The first-order valence-electron chi connectivity index (χ1n) is 5.81. The molecule has 0 spiro atoms. The molecule has 0 amide bonds. The molecule has 0 aromatic carbocycles. The predicted molar refractivity (Wildman–Crippen MR) is 62.8 cm³/mol. The zero-order valence-electron chi connectivity index (χ0n) is 9.15. The fraction of sp³-hybridized carbons (Fsp3) is 0.583. The third-order valence-corrected chi connectivity index (χ3v) is 2.99. The van der Waals surface area contributed by atoms with Crippen molar-refractivity contribution in [3.63, 3.8) is 0 Å². The molecule has 0 atom stereocenters. The van der Waals surface area contributed by atoms with Crippen LogP contribution in [0.25, 0.3) is 0 Å². The molecule has 15 heavy (non-hydrogen) atoms. The lowest BCUT2D eigenvalue weighted by atomic mass is 10.2. The molecular formula is C12H19N3. The van der Waals surface area contributed by atoms with Crippen molar-refractivity contribution < 1.29 is 0 Å². The molecule has 0 aliphatic carbocycles. The summed E-state index contributed by atoms with van der Waals surface area (Å²) in [6.07, 6.45) is 7.11. The summed E-state index contributed by atoms with van der Waals surface area (Å²) in [5.41, 5.74) is 6.90. The minimum atomic E-state index is 0.583. The number of nitrogens with two attached hydrogens (primary N) is 1. The van der Waals surface area contributed by atoms with Crippen LogP contribution in [0.1, 0.15) is 31.2 Å². The van der Waals surface area contributed by atoms with Gasteiger partial charge in [-0.2, -0.15) is 0 Å². The van der Waals surface area contributed by atoms with Crippen molar-refractivity contribution in [2.45, 2.75) is 32.2 Å². The van der Waals surface area contributed by atoms with E-state index in [0.717, 1.165) is 18.9 Å². The first-order chi connectivity index (χ1) is 7.42. The molecule has 1 aliphatic rings. The summed E-state index contributed by atoms with van der Waals surface area (Å²) in [6.45, 7) is 2.84. The van der Waals surface area contributed by atoms with Gasteiger partial charge in [-0.15, -0.1) is 0 Å². The Bertz CT molecular complexity index is 303. The van der Waals surface area contributed by atoms with Crippen molar-refractivity contribution >= 4 is 5.82 Å². The smallest absolute Gasteiger partial charge is 0.132 e. The predicted octanol–water partition coefficient (Wildman–Crippen LogP) is 1.92. The molecule has 0 unspecified atom stereocenters. The van der Waals surface area contributed by atoms with Crippen LogP contribution in [-0.4, -0.2) is 18.1 Å². The van der Waals surface area contributed by atoms with Crippen molar-refractivity contribution in [1.82, 2.24) is 4.98 Å². The highest BCUT2D eigenvalue weighted by atomic mass is 15.2. The molecule has 1 aromatic rings. The van der Waals surface area contributed by atoms with Crippen LogP contribution >= 0.6 is 0 Å². The van der Waals surface area contributed by atoms with Crippen LogP contribution in [0, 0.1) is 0 Å². The second-order valence-electron chi connectivity index (χ2n) is 4.09. The minimum absolute atomic E-state index is 0.583. The van der Waals surface area contributed by atoms with Crippen LogP contribution in [-0.2, 0) is 6.54 Å². The van der Waals surface area contributed by atoms with Crippen molar-refractivity contribution in [3.8, 4) is 0 Å². The molecule has 1 saturated heterocycles. The molecule has 0 saturated carbocycles. The van der Waals surface area contributed by atoms with Gasteiger partial charge in [0.1, 0.15) is 5.82 Å². The highest BCUT2D eigenvalue weighted by Gasteiger charge is 2.13. The molecule has 2 N–H and O–H groups in total. The van der Waals surface area contributed by atoms with Crippen molar-refractivity contribution in [1.29, 1.82) is 0 Å². The van der Waals surface area contributed by atoms with Gasteiger partial charge in [-0.1, -0.05) is 18.9 Å². The molecule has 1 fully saturated rings. The highest BCUT2D eigenvalue weighted by Crippen LogP contribution is 2.20. The second-order valence-corrected chi connectivity index (χ2v) is 4.09. The lowest BCUT2D eigenvalue weighted by molar-refractivity contribution is 0.726. The lowest BCUT2D eigenvalue weighted by Gasteiger charge is -2.23. The van der Waals surface area contributed by atoms with E-state index in [-0.39, 0.29) is 0 Å². The van der Waals surface area contributed by atoms with E-state index in [1.807, 2.05) is 12.3 Å². The normalized spacial score (nSPS) is 17.5. The van der Waals surface area contributed by atoms with Crippen LogP contribution in [0.2, 0.25) is 0 Å². The number of hydrogen-bond donors (Lipinski definition) is 1. The van der Waals surface area contributed by atoms with Gasteiger partial charge >= 0.3 is 0 Å². The van der Waals surface area contributed by atoms with E-state index in [9.17, 15) is 0 Å². The van der Waals surface area contributed by atoms with Gasteiger partial charge in [0.05, 0.1) is 0 Å². The van der Waals surface area contributed by atoms with Gasteiger partial charge in [0.2, 0.25) is 0 Å². The maximum atomic E-state index is 5.73. The number of rotatable bonds is 2. The van der Waals surface area contributed by atoms with E-state index in [4.69, 9.17) is 5.73 Å². The highest BCUT2D eigenvalue weighted by molar-refractivity contribution is 5.46. The van der Waals surface area contributed by atoms with Crippen LogP contribution in [0.15, 0.2) is 18.3 Å². The SMILES string of the molecule is NCc1cccnc1N1CCCCCC1. The molecule has 0 radical (unpaired) electrons. The van der Waals surface area contributed by atoms with E-state index < -0.39 is 0 Å². The van der Waals surface area contributed by atoms with E-state index >= 15 is 0 Å². The van der Waals surface area contributed by atoms with Gasteiger partial charge in [0, 0.05) is 31.4 Å². The van der Waals surface area contributed by atoms with E-state index in [1.54, 1.807) is 0 Å². The summed E-state index contributed by atoms with van der Waals surface area (Å²) in [7, 11) is 0. The molecule has 0 bridgehead atoms. The zero-order chi connectivity index (χ0) is 10.5. The standard InChI is InChI=1S/C12H19N3/c13-10-11-6-5-7-14-12(11)15-8-3-1-2-4-9-15/h5-7H,1-4,8-10,13H2. The summed E-state index contributed by atoms with van der Waals surface area (Å²) in [5, 5.41) is 0. The van der Waals surface area contributed by atoms with Gasteiger partial charge in [0.25, 0.3) is 0 Å². The Morgan fingerprint density at radius 1 is 1.20 bits per heavy atom. The molecular weight excluding hydrogens is 186 g/mol. The topological polar surface area (TPSA) is 42.1 Å². The monoisotopic (exact) mass is 205 g/mol. The first-order valence-corrected chi connectivity index (χ1v) is 5.81. The summed E-state index contributed by atoms with van der Waals surface area (Å²) < 4.78 is 0. The summed E-state index contributed by atoms with van der Waals surface area (Å²) in [6, 6.07) is 4.04. The van der Waals surface area contributed by atoms with E-state index in [2.05, 4.69) is 16.0 Å². The minimum Gasteiger partial charge on any atom is -0.356 e. The van der Waals surface area contributed by atoms with Crippen molar-refractivity contribution in [3.05, 3.63) is 23.9 Å². The van der Waals surface area contributed by atoms with E-state index in [1.165, 1.54) is 31.2 Å². The number of aromatic nitrogens is 1. The van der Waals surface area contributed by atoms with E-state index in [0.29, 0.717) is 6.54 Å². The summed E-state index contributed by atoms with van der Waals surface area (Å²) in [4.78, 5) is 6.84. The van der Waals surface area contributed by atoms with Crippen molar-refractivity contribution in [2.24, 2.45) is 5.73 Å². The Morgan fingerprint density at radius 3 is 2.60 bits per heavy atom. The van der Waals surface area contributed by atoms with Crippen LogP contribution in [0.3, 0.4) is 0 Å². The molecule has 3 nitrogen and oxygen atoms in total. The molecule has 82 valence electrons. The van der Waals surface area contributed by atoms with Gasteiger partial charge in [0.15, 0.2) is 0 Å². The number of anilines is 1. The average molecular weight is 205 g/mol. The molecule has 2 heterocycles. The van der Waals surface area contributed by atoms with Gasteiger partial charge in [-0.3, -0.25) is 0 Å². The third-order valence-electron chi connectivity index (χ3n) is 2.99. The Kier molecular flexibility index (Phi) is 3.56. The fourth-order valence-electron chi connectivity index (χ4n) is 2.16. The van der Waals surface area contributed by atoms with Gasteiger partial charge < -0.3 is 10.6 Å². The van der Waals surface area contributed by atoms with Gasteiger partial charge in [-0.25, -0.2) is 4.98 Å². The maximum Gasteiger partial charge on any atom is 0.132 e. The van der Waals surface area contributed by atoms with Crippen LogP contribution in [0.4, 0.5) is 5.82 Å². The first kappa shape index (κ1) is 10.4. The Balaban J connectivity index is 2.18. The molecule has 1 aromatic heterocycles. The van der Waals surface area contributed by atoms with Crippen molar-refractivity contribution in [2.75, 3.05) is 18.0 Å². The number of hydrogen-bond acceptors (Lipinski definition) is 3. The van der Waals surface area contributed by atoms with Gasteiger partial charge in [-0.05, 0) is 18.9 Å². The maximum absolute atomic E-state index is 5.73. The largest absolute Gasteiger partial charge is 0.356 e. The summed E-state index contributed by atoms with van der Waals surface area (Å²) >= 11 is 0. The summed E-state index contributed by atoms with van der Waals surface area (Å²) in [5.74, 6) is 1.10. The second kappa shape index (κ2) is 5.12. The molecule has 1 aliphatic heterocycles. The quantitative estimate of drug-likeness (QED) is 0.802. The molecule has 3 heteroatoms. The molecule has 2 rings (SSSR count). The van der Waals surface area contributed by atoms with Crippen LogP contribution < -0.4 is 10.6 Å². The fourth-order valence-corrected chi connectivity index (χ4v) is 2.16. The van der Waals surface area contributed by atoms with Crippen LogP contribution in [0.5, 0.6) is 0 Å². The Hall–Kier alpha value is -1.09. The number of pyridine rings is 1. The Labute approximate surface area is 91.3 Å².